The number of aryl methyl sites for hydroxylation is 1. The highest BCUT2D eigenvalue weighted by atomic mass is 16.5. The van der Waals surface area contributed by atoms with E-state index in [0.717, 1.165) is 44.2 Å². The summed E-state index contributed by atoms with van der Waals surface area (Å²) in [4.78, 5) is 0. The molecule has 2 aliphatic carbocycles. The van der Waals surface area contributed by atoms with Crippen molar-refractivity contribution >= 4 is 5.69 Å². The number of fused-ring (bicyclic) bond motifs is 1. The molecule has 0 heterocycles. The molecule has 1 saturated carbocycles. The Morgan fingerprint density at radius 2 is 2.16 bits per heavy atom. The molecule has 3 nitrogen and oxygen atoms in total. The summed E-state index contributed by atoms with van der Waals surface area (Å²) in [6, 6.07) is 6.82. The maximum atomic E-state index is 5.82. The van der Waals surface area contributed by atoms with Gasteiger partial charge in [0.15, 0.2) is 0 Å². The van der Waals surface area contributed by atoms with E-state index in [4.69, 9.17) is 10.5 Å². The molecule has 104 valence electrons. The minimum absolute atomic E-state index is 0.513. The Morgan fingerprint density at radius 3 is 3.00 bits per heavy atom. The molecule has 0 spiro atoms. The van der Waals surface area contributed by atoms with Crippen molar-refractivity contribution in [1.82, 2.24) is 5.32 Å². The van der Waals surface area contributed by atoms with Gasteiger partial charge in [-0.1, -0.05) is 6.07 Å². The average molecular weight is 260 g/mol. The smallest absolute Gasteiger partial charge is 0.0494 e. The number of rotatable bonds is 7. The van der Waals surface area contributed by atoms with Gasteiger partial charge in [-0.05, 0) is 67.8 Å². The molecular formula is C16H24N2O. The van der Waals surface area contributed by atoms with Gasteiger partial charge in [-0.3, -0.25) is 0 Å². The molecule has 1 atom stereocenters. The van der Waals surface area contributed by atoms with Crippen LogP contribution in [0.1, 0.15) is 42.9 Å². The zero-order valence-electron chi connectivity index (χ0n) is 11.5. The van der Waals surface area contributed by atoms with Crippen molar-refractivity contribution in [3.05, 3.63) is 29.3 Å². The normalized spacial score (nSPS) is 21.6. The van der Waals surface area contributed by atoms with Crippen molar-refractivity contribution in [2.75, 3.05) is 25.5 Å². The molecule has 1 fully saturated rings. The summed E-state index contributed by atoms with van der Waals surface area (Å²) in [6.07, 6.45) is 6.20. The van der Waals surface area contributed by atoms with E-state index in [1.54, 1.807) is 0 Å². The minimum atomic E-state index is 0.513. The number of nitrogen functional groups attached to an aromatic ring is 1. The SMILES string of the molecule is Nc1ccc2c(c1)CCC2NCCCOCC1CC1. The van der Waals surface area contributed by atoms with Crippen molar-refractivity contribution in [3.63, 3.8) is 0 Å². The Balaban J connectivity index is 1.37. The molecule has 19 heavy (non-hydrogen) atoms. The first-order valence-electron chi connectivity index (χ1n) is 7.52. The van der Waals surface area contributed by atoms with Gasteiger partial charge in [0.25, 0.3) is 0 Å². The maximum Gasteiger partial charge on any atom is 0.0494 e. The van der Waals surface area contributed by atoms with E-state index in [1.807, 2.05) is 6.07 Å². The molecule has 0 aliphatic heterocycles. The summed E-state index contributed by atoms with van der Waals surface area (Å²) in [5.41, 5.74) is 9.56. The van der Waals surface area contributed by atoms with Gasteiger partial charge in [-0.15, -0.1) is 0 Å². The first-order valence-corrected chi connectivity index (χ1v) is 7.52. The standard InChI is InChI=1S/C16H24N2O/c17-14-5-6-15-13(10-14)4-7-16(15)18-8-1-9-19-11-12-2-3-12/h5-6,10,12,16,18H,1-4,7-9,11,17H2. The fourth-order valence-corrected chi connectivity index (χ4v) is 2.83. The quantitative estimate of drug-likeness (QED) is 0.585. The fourth-order valence-electron chi connectivity index (χ4n) is 2.83. The molecule has 3 heteroatoms. The summed E-state index contributed by atoms with van der Waals surface area (Å²) in [6.45, 7) is 2.91. The molecule has 2 aliphatic rings. The predicted molar refractivity (Wildman–Crippen MR) is 78.1 cm³/mol. The average Bonchev–Trinajstić information content (AvgIpc) is 3.15. The van der Waals surface area contributed by atoms with Gasteiger partial charge >= 0.3 is 0 Å². The molecule has 1 aromatic carbocycles. The van der Waals surface area contributed by atoms with Crippen molar-refractivity contribution in [2.24, 2.45) is 5.92 Å². The second kappa shape index (κ2) is 5.93. The van der Waals surface area contributed by atoms with Crippen LogP contribution < -0.4 is 11.1 Å². The number of hydrogen-bond acceptors (Lipinski definition) is 3. The van der Waals surface area contributed by atoms with E-state index in [2.05, 4.69) is 17.4 Å². The summed E-state index contributed by atoms with van der Waals surface area (Å²) < 4.78 is 5.65. The van der Waals surface area contributed by atoms with Gasteiger partial charge in [-0.2, -0.15) is 0 Å². The molecule has 1 aromatic rings. The number of ether oxygens (including phenoxy) is 1. The molecular weight excluding hydrogens is 236 g/mol. The highest BCUT2D eigenvalue weighted by Crippen LogP contribution is 2.32. The van der Waals surface area contributed by atoms with Gasteiger partial charge in [0, 0.05) is 24.9 Å². The summed E-state index contributed by atoms with van der Waals surface area (Å²) >= 11 is 0. The van der Waals surface area contributed by atoms with E-state index < -0.39 is 0 Å². The summed E-state index contributed by atoms with van der Waals surface area (Å²) in [5, 5.41) is 3.64. The van der Waals surface area contributed by atoms with Crippen LogP contribution in [0, 0.1) is 5.92 Å². The third kappa shape index (κ3) is 3.48. The Bertz CT molecular complexity index is 429. The lowest BCUT2D eigenvalue weighted by atomic mass is 10.1. The van der Waals surface area contributed by atoms with Crippen molar-refractivity contribution in [1.29, 1.82) is 0 Å². The number of anilines is 1. The van der Waals surface area contributed by atoms with Gasteiger partial charge < -0.3 is 15.8 Å². The fraction of sp³-hybridized carbons (Fsp3) is 0.625. The zero-order chi connectivity index (χ0) is 13.1. The Labute approximate surface area is 115 Å². The molecule has 0 radical (unpaired) electrons. The monoisotopic (exact) mass is 260 g/mol. The highest BCUT2D eigenvalue weighted by Gasteiger charge is 2.22. The second-order valence-corrected chi connectivity index (χ2v) is 5.88. The number of hydrogen-bond donors (Lipinski definition) is 2. The lowest BCUT2D eigenvalue weighted by Crippen LogP contribution is -2.21. The number of nitrogens with one attached hydrogen (secondary N) is 1. The third-order valence-corrected chi connectivity index (χ3v) is 4.15. The van der Waals surface area contributed by atoms with Crippen LogP contribution in [0.4, 0.5) is 5.69 Å². The largest absolute Gasteiger partial charge is 0.399 e. The van der Waals surface area contributed by atoms with Crippen LogP contribution in [0.15, 0.2) is 18.2 Å². The van der Waals surface area contributed by atoms with Crippen LogP contribution in [0.2, 0.25) is 0 Å². The zero-order valence-corrected chi connectivity index (χ0v) is 11.5. The molecule has 0 amide bonds. The molecule has 1 unspecified atom stereocenters. The lowest BCUT2D eigenvalue weighted by molar-refractivity contribution is 0.121. The Hall–Kier alpha value is -1.06. The summed E-state index contributed by atoms with van der Waals surface area (Å²) in [5.74, 6) is 0.875. The Morgan fingerprint density at radius 1 is 1.26 bits per heavy atom. The first-order chi connectivity index (χ1) is 9.33. The molecule has 0 aromatic heterocycles. The lowest BCUT2D eigenvalue weighted by Gasteiger charge is -2.14. The van der Waals surface area contributed by atoms with Gasteiger partial charge in [0.05, 0.1) is 0 Å². The van der Waals surface area contributed by atoms with Crippen molar-refractivity contribution < 1.29 is 4.74 Å². The van der Waals surface area contributed by atoms with E-state index in [0.29, 0.717) is 6.04 Å². The Kier molecular flexibility index (Phi) is 4.04. The second-order valence-electron chi connectivity index (χ2n) is 5.88. The van der Waals surface area contributed by atoms with Crippen LogP contribution in [0.3, 0.4) is 0 Å². The topological polar surface area (TPSA) is 47.3 Å². The first kappa shape index (κ1) is 12.9. The van der Waals surface area contributed by atoms with Gasteiger partial charge in [-0.25, -0.2) is 0 Å². The van der Waals surface area contributed by atoms with Crippen LogP contribution in [-0.4, -0.2) is 19.8 Å². The van der Waals surface area contributed by atoms with Gasteiger partial charge in [0.2, 0.25) is 0 Å². The van der Waals surface area contributed by atoms with E-state index >= 15 is 0 Å². The minimum Gasteiger partial charge on any atom is -0.399 e. The molecule has 0 saturated heterocycles. The number of nitrogens with two attached hydrogens (primary N) is 1. The van der Waals surface area contributed by atoms with Crippen LogP contribution >= 0.6 is 0 Å². The van der Waals surface area contributed by atoms with Crippen LogP contribution in [-0.2, 0) is 11.2 Å². The van der Waals surface area contributed by atoms with Crippen LogP contribution in [0.5, 0.6) is 0 Å². The van der Waals surface area contributed by atoms with Gasteiger partial charge in [0.1, 0.15) is 0 Å². The summed E-state index contributed by atoms with van der Waals surface area (Å²) in [7, 11) is 0. The van der Waals surface area contributed by atoms with E-state index in [9.17, 15) is 0 Å². The molecule has 3 rings (SSSR count). The van der Waals surface area contributed by atoms with E-state index in [1.165, 1.54) is 30.4 Å². The predicted octanol–water partition coefficient (Wildman–Crippen LogP) is 2.66. The van der Waals surface area contributed by atoms with Crippen molar-refractivity contribution in [2.45, 2.75) is 38.1 Å². The third-order valence-electron chi connectivity index (χ3n) is 4.15. The van der Waals surface area contributed by atoms with E-state index in [-0.39, 0.29) is 0 Å². The maximum absolute atomic E-state index is 5.82. The van der Waals surface area contributed by atoms with Crippen molar-refractivity contribution in [3.8, 4) is 0 Å². The van der Waals surface area contributed by atoms with Crippen LogP contribution in [0.25, 0.3) is 0 Å². The molecule has 3 N–H and O–H groups in total. The molecule has 0 bridgehead atoms. The highest BCUT2D eigenvalue weighted by molar-refractivity contribution is 5.47. The number of benzene rings is 1.